The van der Waals surface area contributed by atoms with E-state index in [0.29, 0.717) is 5.69 Å². The lowest BCUT2D eigenvalue weighted by Crippen LogP contribution is -2.65. The highest BCUT2D eigenvalue weighted by Gasteiger charge is 2.58. The summed E-state index contributed by atoms with van der Waals surface area (Å²) in [6, 6.07) is 7.48. The van der Waals surface area contributed by atoms with Crippen molar-refractivity contribution >= 4 is 14.2 Å². The summed E-state index contributed by atoms with van der Waals surface area (Å²) >= 11 is 0. The maximum absolute atomic E-state index is 8.70. The van der Waals surface area contributed by atoms with Crippen molar-refractivity contribution < 1.29 is 18.7 Å². The molecule has 25 heavy (non-hydrogen) atoms. The molecule has 1 aliphatic rings. The molecule has 1 aliphatic heterocycles. The van der Waals surface area contributed by atoms with Crippen LogP contribution in [0.3, 0.4) is 0 Å². The summed E-state index contributed by atoms with van der Waals surface area (Å²) < 4.78 is 18.5. The first-order valence-electron chi connectivity index (χ1n) is 9.45. The Hall–Kier alpha value is -1.08. The third kappa shape index (κ3) is 5.71. The van der Waals surface area contributed by atoms with E-state index in [1.54, 1.807) is 24.3 Å². The van der Waals surface area contributed by atoms with Crippen LogP contribution in [0.5, 0.6) is 5.75 Å². The maximum Gasteiger partial charge on any atom is 0.371 e. The third-order valence-corrected chi connectivity index (χ3v) is 9.33. The number of aromatic hydroxyl groups is 1. The Balaban J connectivity index is 0.000000324. The topological polar surface area (TPSA) is 73.9 Å². The number of rotatable bonds is 7. The second-order valence-electron chi connectivity index (χ2n) is 6.20. The molecule has 1 unspecified atom stereocenters. The molecule has 1 fully saturated rings. The molecule has 144 valence electrons. The van der Waals surface area contributed by atoms with Gasteiger partial charge in [-0.25, -0.2) is 0 Å². The van der Waals surface area contributed by atoms with Crippen molar-refractivity contribution in [3.63, 3.8) is 0 Å². The summed E-state index contributed by atoms with van der Waals surface area (Å²) in [5, 5.41) is 8.58. The van der Waals surface area contributed by atoms with E-state index < -0.39 is 8.56 Å². The molecular weight excluding hydrogens is 334 g/mol. The summed E-state index contributed by atoms with van der Waals surface area (Å²) in [5.41, 5.74) is 5.98. The average Bonchev–Trinajstić information content (AvgIpc) is 2.61. The summed E-state index contributed by atoms with van der Waals surface area (Å²) in [4.78, 5) is 0. The van der Waals surface area contributed by atoms with Gasteiger partial charge in [0.2, 0.25) is 0 Å². The van der Waals surface area contributed by atoms with E-state index >= 15 is 0 Å². The van der Waals surface area contributed by atoms with Crippen LogP contribution < -0.4 is 5.73 Å². The van der Waals surface area contributed by atoms with Crippen molar-refractivity contribution in [2.24, 2.45) is 0 Å². The standard InChI is InChI=1S/C13H28O3Si.C6H7NO/c1-5-13(14-6-2)11-9-10-12-17(13,15-7-3)16-8-4;7-5-1-3-6(8)4-2-5/h5-12H2,1-4H3;1-4,8H,7H2. The van der Waals surface area contributed by atoms with Gasteiger partial charge in [-0.15, -0.1) is 0 Å². The first-order chi connectivity index (χ1) is 12.0. The zero-order chi connectivity index (χ0) is 18.8. The second-order valence-corrected chi connectivity index (χ2v) is 9.69. The lowest BCUT2D eigenvalue weighted by atomic mass is 10.1. The van der Waals surface area contributed by atoms with Gasteiger partial charge < -0.3 is 24.4 Å². The molecule has 0 aromatic heterocycles. The lowest BCUT2D eigenvalue weighted by molar-refractivity contribution is -0.0426. The van der Waals surface area contributed by atoms with Gasteiger partial charge in [-0.05, 0) is 63.9 Å². The fraction of sp³-hybridized carbons (Fsp3) is 0.684. The smallest absolute Gasteiger partial charge is 0.371 e. The Morgan fingerprint density at radius 2 is 1.60 bits per heavy atom. The van der Waals surface area contributed by atoms with Gasteiger partial charge in [0.05, 0.1) is 0 Å². The van der Waals surface area contributed by atoms with Gasteiger partial charge in [0, 0.05) is 25.5 Å². The zero-order valence-electron chi connectivity index (χ0n) is 16.2. The summed E-state index contributed by atoms with van der Waals surface area (Å²) in [6.07, 6.45) is 4.57. The van der Waals surface area contributed by atoms with Crippen molar-refractivity contribution in [2.75, 3.05) is 25.6 Å². The summed E-state index contributed by atoms with van der Waals surface area (Å²) in [7, 11) is -2.21. The molecule has 5 nitrogen and oxygen atoms in total. The van der Waals surface area contributed by atoms with Crippen LogP contribution >= 0.6 is 0 Å². The van der Waals surface area contributed by atoms with Crippen LogP contribution in [0.15, 0.2) is 24.3 Å². The van der Waals surface area contributed by atoms with Crippen molar-refractivity contribution in [1.29, 1.82) is 0 Å². The first kappa shape index (κ1) is 22.0. The highest BCUT2D eigenvalue weighted by atomic mass is 28.4. The van der Waals surface area contributed by atoms with E-state index in [2.05, 4.69) is 27.7 Å². The molecular formula is C19H35NO4Si. The van der Waals surface area contributed by atoms with E-state index in [1.807, 2.05) is 0 Å². The van der Waals surface area contributed by atoms with Gasteiger partial charge in [-0.2, -0.15) is 0 Å². The monoisotopic (exact) mass is 369 g/mol. The number of hydrogen-bond donors (Lipinski definition) is 2. The van der Waals surface area contributed by atoms with E-state index in [9.17, 15) is 0 Å². The molecule has 1 heterocycles. The van der Waals surface area contributed by atoms with Crippen LogP contribution in [0.2, 0.25) is 6.04 Å². The Kier molecular flexibility index (Phi) is 9.49. The van der Waals surface area contributed by atoms with Crippen LogP contribution in [0.1, 0.15) is 53.4 Å². The number of ether oxygens (including phenoxy) is 1. The van der Waals surface area contributed by atoms with Gasteiger partial charge in [0.1, 0.15) is 11.0 Å². The average molecular weight is 370 g/mol. The van der Waals surface area contributed by atoms with Crippen LogP contribution in [-0.4, -0.2) is 38.7 Å². The fourth-order valence-electron chi connectivity index (χ4n) is 3.58. The van der Waals surface area contributed by atoms with Crippen molar-refractivity contribution in [2.45, 2.75) is 64.6 Å². The minimum atomic E-state index is -2.21. The quantitative estimate of drug-likeness (QED) is 0.424. The predicted octanol–water partition coefficient (Wildman–Crippen LogP) is 4.38. The molecule has 3 N–H and O–H groups in total. The molecule has 0 amide bonds. The molecule has 6 heteroatoms. The maximum atomic E-state index is 8.70. The molecule has 0 bridgehead atoms. The summed E-state index contributed by atoms with van der Waals surface area (Å²) in [6.45, 7) is 10.6. The number of benzene rings is 1. The lowest BCUT2D eigenvalue weighted by Gasteiger charge is -2.49. The number of nitrogen functional groups attached to an aromatic ring is 1. The van der Waals surface area contributed by atoms with Crippen molar-refractivity contribution in [3.05, 3.63) is 24.3 Å². The van der Waals surface area contributed by atoms with Crippen LogP contribution in [0.4, 0.5) is 5.69 Å². The third-order valence-electron chi connectivity index (χ3n) is 4.67. The van der Waals surface area contributed by atoms with Gasteiger partial charge in [0.25, 0.3) is 0 Å². The van der Waals surface area contributed by atoms with Crippen LogP contribution in [-0.2, 0) is 13.6 Å². The molecule has 2 rings (SSSR count). The van der Waals surface area contributed by atoms with Crippen molar-refractivity contribution in [3.8, 4) is 5.75 Å². The molecule has 0 aliphatic carbocycles. The molecule has 1 atom stereocenters. The van der Waals surface area contributed by atoms with Gasteiger partial charge in [-0.3, -0.25) is 0 Å². The minimum absolute atomic E-state index is 0.119. The van der Waals surface area contributed by atoms with E-state index in [1.165, 1.54) is 12.8 Å². The number of phenolic OH excluding ortho intramolecular Hbond substituents is 1. The van der Waals surface area contributed by atoms with Gasteiger partial charge in [0.15, 0.2) is 0 Å². The molecule has 0 spiro atoms. The Morgan fingerprint density at radius 1 is 1.00 bits per heavy atom. The zero-order valence-corrected chi connectivity index (χ0v) is 17.2. The highest BCUT2D eigenvalue weighted by Crippen LogP contribution is 2.42. The molecule has 0 saturated carbocycles. The van der Waals surface area contributed by atoms with E-state index in [0.717, 1.165) is 38.7 Å². The number of anilines is 1. The normalized spacial score (nSPS) is 22.1. The van der Waals surface area contributed by atoms with Gasteiger partial charge >= 0.3 is 8.56 Å². The molecule has 1 aromatic carbocycles. The molecule has 1 aromatic rings. The minimum Gasteiger partial charge on any atom is -0.508 e. The Morgan fingerprint density at radius 3 is 2.04 bits per heavy atom. The largest absolute Gasteiger partial charge is 0.508 e. The first-order valence-corrected chi connectivity index (χ1v) is 11.5. The van der Waals surface area contributed by atoms with E-state index in [4.69, 9.17) is 24.4 Å². The molecule has 1 saturated heterocycles. The molecule has 0 radical (unpaired) electrons. The Bertz CT molecular complexity index is 446. The van der Waals surface area contributed by atoms with Gasteiger partial charge in [-0.1, -0.05) is 19.8 Å². The number of nitrogens with two attached hydrogens (primary N) is 1. The highest BCUT2D eigenvalue weighted by molar-refractivity contribution is 6.70. The fourth-order valence-corrected chi connectivity index (χ4v) is 8.05. The van der Waals surface area contributed by atoms with Crippen molar-refractivity contribution in [1.82, 2.24) is 0 Å². The second kappa shape index (κ2) is 10.8. The Labute approximate surface area is 153 Å². The predicted molar refractivity (Wildman–Crippen MR) is 105 cm³/mol. The summed E-state index contributed by atoms with van der Waals surface area (Å²) in [5.74, 6) is 0.249. The number of phenols is 1. The van der Waals surface area contributed by atoms with Crippen LogP contribution in [0, 0.1) is 0 Å². The number of hydrogen-bond acceptors (Lipinski definition) is 5. The SMILES string of the molecule is CCOC1(CC)CCCC[Si]1(OCC)OCC.Nc1ccc(O)cc1. The van der Waals surface area contributed by atoms with E-state index in [-0.39, 0.29) is 11.0 Å². The van der Waals surface area contributed by atoms with Crippen LogP contribution in [0.25, 0.3) is 0 Å².